The van der Waals surface area contributed by atoms with Gasteiger partial charge in [-0.25, -0.2) is 0 Å². The Morgan fingerprint density at radius 3 is 1.63 bits per heavy atom. The van der Waals surface area contributed by atoms with Gasteiger partial charge in [0.1, 0.15) is 6.54 Å². The average molecular weight is 447 g/mol. The van der Waals surface area contributed by atoms with Crippen LogP contribution in [0.3, 0.4) is 0 Å². The van der Waals surface area contributed by atoms with E-state index < -0.39 is 12.9 Å². The molecule has 0 bridgehead atoms. The van der Waals surface area contributed by atoms with E-state index in [-0.39, 0.29) is 13.0 Å². The van der Waals surface area contributed by atoms with Crippen LogP contribution in [0.5, 0.6) is 0 Å². The number of hydrogen-bond donors (Lipinski definition) is 3. The summed E-state index contributed by atoms with van der Waals surface area (Å²) in [6, 6.07) is 0. The van der Waals surface area contributed by atoms with E-state index in [9.17, 15) is 19.5 Å². The molecule has 0 aromatic carbocycles. The summed E-state index contributed by atoms with van der Waals surface area (Å²) in [6.45, 7) is 2.29. The van der Waals surface area contributed by atoms with E-state index >= 15 is 0 Å². The standard InChI is InChI=1S/C24H48NO4P/c1-5-6-7-8-9-10-11-12-13-14-15-16-17-18-19-20-21-22-24(26,30(27,28)29)23-25(2,3)4/h12-13,17-18,26H,5-11,14-16,19-23H2,1-4H3,(H-,27,28,29)/p+1/b13-12-,18-17-. The van der Waals surface area contributed by atoms with Gasteiger partial charge in [-0.2, -0.15) is 0 Å². The van der Waals surface area contributed by atoms with Crippen LogP contribution in [0.4, 0.5) is 0 Å². The molecule has 0 saturated carbocycles. The van der Waals surface area contributed by atoms with Gasteiger partial charge in [0.2, 0.25) is 5.34 Å². The minimum Gasteiger partial charge on any atom is -0.373 e. The minimum atomic E-state index is -4.56. The molecule has 6 heteroatoms. The van der Waals surface area contributed by atoms with Gasteiger partial charge in [-0.15, -0.1) is 0 Å². The molecule has 178 valence electrons. The van der Waals surface area contributed by atoms with Crippen LogP contribution >= 0.6 is 7.60 Å². The zero-order valence-corrected chi connectivity index (χ0v) is 21.0. The zero-order chi connectivity index (χ0) is 22.9. The Hall–Kier alpha value is -0.450. The molecule has 3 N–H and O–H groups in total. The number of allylic oxidation sites excluding steroid dienone is 4. The molecule has 30 heavy (non-hydrogen) atoms. The average Bonchev–Trinajstić information content (AvgIpc) is 2.62. The molecule has 0 fully saturated rings. The third-order valence-corrected chi connectivity index (χ3v) is 6.72. The van der Waals surface area contributed by atoms with Crippen molar-refractivity contribution in [2.45, 2.75) is 102 Å². The van der Waals surface area contributed by atoms with Gasteiger partial charge in [0.05, 0.1) is 21.1 Å². The van der Waals surface area contributed by atoms with E-state index in [4.69, 9.17) is 0 Å². The fourth-order valence-corrected chi connectivity index (χ4v) is 4.67. The first-order chi connectivity index (χ1) is 14.0. The highest BCUT2D eigenvalue weighted by Crippen LogP contribution is 2.52. The first kappa shape index (κ1) is 29.5. The lowest BCUT2D eigenvalue weighted by Gasteiger charge is -2.35. The Labute approximate surface area is 186 Å². The van der Waals surface area contributed by atoms with Crippen LogP contribution < -0.4 is 0 Å². The number of nitrogens with zero attached hydrogens (tertiary/aromatic N) is 1. The summed E-state index contributed by atoms with van der Waals surface area (Å²) in [5.41, 5.74) is 0. The Morgan fingerprint density at radius 2 is 1.17 bits per heavy atom. The molecular weight excluding hydrogens is 397 g/mol. The Morgan fingerprint density at radius 1 is 0.733 bits per heavy atom. The van der Waals surface area contributed by atoms with Crippen LogP contribution in [-0.2, 0) is 4.57 Å². The summed E-state index contributed by atoms with van der Waals surface area (Å²) in [5, 5.41) is 8.57. The highest BCUT2D eigenvalue weighted by Gasteiger charge is 2.48. The molecule has 0 amide bonds. The quantitative estimate of drug-likeness (QED) is 0.0962. The predicted molar refractivity (Wildman–Crippen MR) is 128 cm³/mol. The van der Waals surface area contributed by atoms with Gasteiger partial charge >= 0.3 is 7.60 Å². The fourth-order valence-electron chi connectivity index (χ4n) is 3.61. The predicted octanol–water partition coefficient (Wildman–Crippen LogP) is 6.15. The highest BCUT2D eigenvalue weighted by atomic mass is 31.2. The van der Waals surface area contributed by atoms with E-state index in [0.29, 0.717) is 10.9 Å². The largest absolute Gasteiger partial charge is 0.373 e. The van der Waals surface area contributed by atoms with Crippen LogP contribution in [0.25, 0.3) is 0 Å². The summed E-state index contributed by atoms with van der Waals surface area (Å²) in [4.78, 5) is 19.1. The molecule has 0 spiro atoms. The van der Waals surface area contributed by atoms with Crippen molar-refractivity contribution in [3.8, 4) is 0 Å². The van der Waals surface area contributed by atoms with E-state index in [2.05, 4.69) is 31.2 Å². The smallest absolute Gasteiger partial charge is 0.362 e. The summed E-state index contributed by atoms with van der Waals surface area (Å²) in [6.07, 6.45) is 24.1. The van der Waals surface area contributed by atoms with Crippen molar-refractivity contribution in [2.24, 2.45) is 0 Å². The number of quaternary nitrogens is 1. The highest BCUT2D eigenvalue weighted by molar-refractivity contribution is 7.53. The maximum atomic E-state index is 11.7. The van der Waals surface area contributed by atoms with Gasteiger partial charge in [0.15, 0.2) is 0 Å². The van der Waals surface area contributed by atoms with Crippen molar-refractivity contribution in [3.05, 3.63) is 24.3 Å². The Kier molecular flexibility index (Phi) is 16.0. The van der Waals surface area contributed by atoms with E-state index in [1.165, 1.54) is 44.9 Å². The van der Waals surface area contributed by atoms with Gasteiger partial charge < -0.3 is 19.4 Å². The van der Waals surface area contributed by atoms with Gasteiger partial charge in [0.25, 0.3) is 0 Å². The molecule has 5 nitrogen and oxygen atoms in total. The van der Waals surface area contributed by atoms with Crippen molar-refractivity contribution in [1.82, 2.24) is 0 Å². The lowest BCUT2D eigenvalue weighted by atomic mass is 10.1. The molecule has 0 aliphatic rings. The number of unbranched alkanes of at least 4 members (excludes halogenated alkanes) is 10. The summed E-state index contributed by atoms with van der Waals surface area (Å²) < 4.78 is 12.1. The van der Waals surface area contributed by atoms with Crippen LogP contribution in [0.2, 0.25) is 0 Å². The molecule has 0 radical (unpaired) electrons. The fraction of sp³-hybridized carbons (Fsp3) is 0.833. The molecular formula is C24H49NO4P+. The molecule has 0 aromatic rings. The van der Waals surface area contributed by atoms with E-state index in [1.54, 1.807) is 0 Å². The summed E-state index contributed by atoms with van der Waals surface area (Å²) in [7, 11) is 0.920. The molecule has 0 aliphatic heterocycles. The number of aliphatic hydroxyl groups is 1. The van der Waals surface area contributed by atoms with E-state index in [1.807, 2.05) is 21.1 Å². The second-order valence-corrected chi connectivity index (χ2v) is 11.6. The maximum absolute atomic E-state index is 11.7. The summed E-state index contributed by atoms with van der Waals surface area (Å²) >= 11 is 0. The lowest BCUT2D eigenvalue weighted by Crippen LogP contribution is -2.49. The SMILES string of the molecule is CCCCCCCC/C=C\CCC/C=C\CCCCC(O)(C[N+](C)(C)C)P(=O)(O)O. The number of rotatable bonds is 19. The molecule has 0 heterocycles. The van der Waals surface area contributed by atoms with Gasteiger partial charge in [0, 0.05) is 0 Å². The Bertz CT molecular complexity index is 522. The third kappa shape index (κ3) is 16.3. The van der Waals surface area contributed by atoms with Crippen LogP contribution in [0.15, 0.2) is 24.3 Å². The zero-order valence-electron chi connectivity index (χ0n) is 20.1. The lowest BCUT2D eigenvalue weighted by molar-refractivity contribution is -0.875. The number of hydrogen-bond acceptors (Lipinski definition) is 2. The molecule has 0 rings (SSSR count). The first-order valence-electron chi connectivity index (χ1n) is 11.9. The second-order valence-electron chi connectivity index (χ2n) is 9.65. The summed E-state index contributed by atoms with van der Waals surface area (Å²) in [5.74, 6) is 0. The van der Waals surface area contributed by atoms with Crippen LogP contribution in [-0.4, -0.2) is 52.4 Å². The van der Waals surface area contributed by atoms with Crippen LogP contribution in [0, 0.1) is 0 Å². The minimum absolute atomic E-state index is 0.0412. The Balaban J connectivity index is 3.79. The van der Waals surface area contributed by atoms with Crippen molar-refractivity contribution in [1.29, 1.82) is 0 Å². The second kappa shape index (κ2) is 16.2. The maximum Gasteiger partial charge on any atom is 0.362 e. The van der Waals surface area contributed by atoms with E-state index in [0.717, 1.165) is 32.1 Å². The van der Waals surface area contributed by atoms with Crippen LogP contribution in [0.1, 0.15) is 96.8 Å². The first-order valence-corrected chi connectivity index (χ1v) is 13.5. The molecule has 0 aromatic heterocycles. The normalized spacial score (nSPS) is 15.3. The van der Waals surface area contributed by atoms with Crippen molar-refractivity contribution < 1.29 is 23.9 Å². The molecule has 0 aliphatic carbocycles. The van der Waals surface area contributed by atoms with Crippen molar-refractivity contribution in [3.63, 3.8) is 0 Å². The van der Waals surface area contributed by atoms with Gasteiger partial charge in [-0.05, 0) is 57.8 Å². The third-order valence-electron chi connectivity index (χ3n) is 5.27. The molecule has 1 unspecified atom stereocenters. The number of likely N-dealkylation sites (N-methyl/N-ethyl adjacent to an activating group) is 1. The molecule has 1 atom stereocenters. The monoisotopic (exact) mass is 446 g/mol. The van der Waals surface area contributed by atoms with Crippen molar-refractivity contribution >= 4 is 7.60 Å². The van der Waals surface area contributed by atoms with Gasteiger partial charge in [-0.3, -0.25) is 4.57 Å². The van der Waals surface area contributed by atoms with Crippen molar-refractivity contribution in [2.75, 3.05) is 27.7 Å². The topological polar surface area (TPSA) is 77.8 Å². The van der Waals surface area contributed by atoms with Gasteiger partial charge in [-0.1, -0.05) is 63.3 Å². The molecule has 0 saturated heterocycles.